The van der Waals surface area contributed by atoms with Crippen LogP contribution in [0.3, 0.4) is 0 Å². The smallest absolute Gasteiger partial charge is 0.183 e. The lowest BCUT2D eigenvalue weighted by molar-refractivity contribution is 0.124. The fourth-order valence-corrected chi connectivity index (χ4v) is 1.65. The number of para-hydroxylation sites is 1. The van der Waals surface area contributed by atoms with Crippen LogP contribution in [0.4, 0.5) is 0 Å². The van der Waals surface area contributed by atoms with Crippen LogP contribution in [-0.2, 0) is 0 Å². The minimum Gasteiger partial charge on any atom is -0.476 e. The largest absolute Gasteiger partial charge is 0.476 e. The number of aliphatic hydroxyl groups is 1. The Balaban J connectivity index is 2.47. The molecular weight excluding hydrogens is 208 g/mol. The molecule has 1 heterocycles. The zero-order valence-electron chi connectivity index (χ0n) is 5.70. The zero-order chi connectivity index (χ0) is 7.84. The second-order valence-electron chi connectivity index (χ2n) is 2.45. The number of halogens is 1. The van der Waals surface area contributed by atoms with Gasteiger partial charge in [-0.05, 0) is 22.0 Å². The van der Waals surface area contributed by atoms with E-state index in [-0.39, 0.29) is 5.01 Å². The third-order valence-corrected chi connectivity index (χ3v) is 2.41. The van der Waals surface area contributed by atoms with Gasteiger partial charge in [-0.15, -0.1) is 0 Å². The Hall–Kier alpha value is -0.540. The SMILES string of the molecule is OC1c2ccccc2OC1Br. The van der Waals surface area contributed by atoms with Gasteiger partial charge in [-0.2, -0.15) is 0 Å². The first-order valence-corrected chi connectivity index (χ1v) is 4.28. The Bertz CT molecular complexity index is 275. The lowest BCUT2D eigenvalue weighted by Gasteiger charge is -2.03. The first-order chi connectivity index (χ1) is 5.29. The molecule has 1 aliphatic heterocycles. The highest BCUT2D eigenvalue weighted by Gasteiger charge is 2.29. The van der Waals surface area contributed by atoms with Gasteiger partial charge in [0, 0.05) is 5.56 Å². The van der Waals surface area contributed by atoms with Crippen molar-refractivity contribution in [3.63, 3.8) is 0 Å². The van der Waals surface area contributed by atoms with Crippen LogP contribution in [0.1, 0.15) is 11.7 Å². The summed E-state index contributed by atoms with van der Waals surface area (Å²) >= 11 is 3.21. The maximum absolute atomic E-state index is 9.48. The maximum Gasteiger partial charge on any atom is 0.183 e. The van der Waals surface area contributed by atoms with E-state index in [9.17, 15) is 5.11 Å². The number of benzene rings is 1. The fraction of sp³-hybridized carbons (Fsp3) is 0.250. The van der Waals surface area contributed by atoms with Gasteiger partial charge in [-0.1, -0.05) is 18.2 Å². The molecule has 1 aliphatic rings. The summed E-state index contributed by atoms with van der Waals surface area (Å²) < 4.78 is 5.29. The average Bonchev–Trinajstić information content (AvgIpc) is 2.30. The van der Waals surface area contributed by atoms with Crippen LogP contribution >= 0.6 is 15.9 Å². The molecule has 0 amide bonds. The summed E-state index contributed by atoms with van der Waals surface area (Å²) in [4.78, 5) is 0. The number of rotatable bonds is 0. The van der Waals surface area contributed by atoms with Crippen molar-refractivity contribution in [3.8, 4) is 5.75 Å². The van der Waals surface area contributed by atoms with Crippen molar-refractivity contribution in [2.75, 3.05) is 0 Å². The number of fused-ring (bicyclic) bond motifs is 1. The molecule has 0 spiro atoms. The van der Waals surface area contributed by atoms with Crippen LogP contribution in [0, 0.1) is 0 Å². The lowest BCUT2D eigenvalue weighted by Crippen LogP contribution is -2.08. The van der Waals surface area contributed by atoms with Gasteiger partial charge >= 0.3 is 0 Å². The highest BCUT2D eigenvalue weighted by molar-refractivity contribution is 9.09. The van der Waals surface area contributed by atoms with Gasteiger partial charge < -0.3 is 9.84 Å². The lowest BCUT2D eigenvalue weighted by atomic mass is 10.1. The molecule has 2 rings (SSSR count). The molecule has 2 atom stereocenters. The van der Waals surface area contributed by atoms with E-state index in [0.29, 0.717) is 0 Å². The summed E-state index contributed by atoms with van der Waals surface area (Å²) in [6.45, 7) is 0. The van der Waals surface area contributed by atoms with Crippen LogP contribution in [0.15, 0.2) is 24.3 Å². The third kappa shape index (κ3) is 1.04. The van der Waals surface area contributed by atoms with Crippen molar-refractivity contribution in [1.82, 2.24) is 0 Å². The number of alkyl halides is 1. The van der Waals surface area contributed by atoms with Crippen molar-refractivity contribution in [2.24, 2.45) is 0 Å². The molecule has 0 saturated carbocycles. The average molecular weight is 215 g/mol. The van der Waals surface area contributed by atoms with E-state index in [1.54, 1.807) is 0 Å². The van der Waals surface area contributed by atoms with Crippen LogP contribution in [0.5, 0.6) is 5.75 Å². The summed E-state index contributed by atoms with van der Waals surface area (Å²) in [6, 6.07) is 7.48. The second kappa shape index (κ2) is 2.50. The van der Waals surface area contributed by atoms with Crippen molar-refractivity contribution >= 4 is 15.9 Å². The van der Waals surface area contributed by atoms with Crippen LogP contribution in [0.25, 0.3) is 0 Å². The number of ether oxygens (including phenoxy) is 1. The molecule has 3 heteroatoms. The molecular formula is C8H7BrO2. The van der Waals surface area contributed by atoms with E-state index in [1.165, 1.54) is 0 Å². The van der Waals surface area contributed by atoms with Crippen LogP contribution in [-0.4, -0.2) is 10.1 Å². The Morgan fingerprint density at radius 3 is 2.82 bits per heavy atom. The molecule has 0 aliphatic carbocycles. The summed E-state index contributed by atoms with van der Waals surface area (Å²) in [5, 5.41) is 9.19. The minimum atomic E-state index is -0.536. The molecule has 1 aromatic rings. The van der Waals surface area contributed by atoms with Gasteiger partial charge in [0.15, 0.2) is 5.01 Å². The molecule has 0 fully saturated rings. The van der Waals surface area contributed by atoms with Gasteiger partial charge in [0.1, 0.15) is 11.9 Å². The fourth-order valence-electron chi connectivity index (χ4n) is 1.16. The van der Waals surface area contributed by atoms with Gasteiger partial charge in [0.25, 0.3) is 0 Å². The zero-order valence-corrected chi connectivity index (χ0v) is 7.28. The van der Waals surface area contributed by atoms with Crippen LogP contribution in [0.2, 0.25) is 0 Å². The van der Waals surface area contributed by atoms with Crippen molar-refractivity contribution in [2.45, 2.75) is 11.1 Å². The molecule has 0 radical (unpaired) electrons. The Kier molecular flexibility index (Phi) is 1.62. The Morgan fingerprint density at radius 1 is 1.36 bits per heavy atom. The predicted molar refractivity (Wildman–Crippen MR) is 44.7 cm³/mol. The van der Waals surface area contributed by atoms with Gasteiger partial charge in [-0.25, -0.2) is 0 Å². The highest BCUT2D eigenvalue weighted by Crippen LogP contribution is 2.38. The minimum absolute atomic E-state index is 0.292. The van der Waals surface area contributed by atoms with E-state index < -0.39 is 6.10 Å². The van der Waals surface area contributed by atoms with Gasteiger partial charge in [-0.3, -0.25) is 0 Å². The molecule has 0 bridgehead atoms. The standard InChI is InChI=1S/C8H7BrO2/c9-8-7(10)5-3-1-2-4-6(5)11-8/h1-4,7-8,10H. The topological polar surface area (TPSA) is 29.5 Å². The van der Waals surface area contributed by atoms with Gasteiger partial charge in [0.2, 0.25) is 0 Å². The van der Waals surface area contributed by atoms with E-state index in [2.05, 4.69) is 15.9 Å². The van der Waals surface area contributed by atoms with E-state index in [0.717, 1.165) is 11.3 Å². The van der Waals surface area contributed by atoms with E-state index in [1.807, 2.05) is 24.3 Å². The second-order valence-corrected chi connectivity index (χ2v) is 3.35. The van der Waals surface area contributed by atoms with Gasteiger partial charge in [0.05, 0.1) is 0 Å². The first-order valence-electron chi connectivity index (χ1n) is 3.37. The molecule has 58 valence electrons. The van der Waals surface area contributed by atoms with E-state index in [4.69, 9.17) is 4.74 Å². The van der Waals surface area contributed by atoms with Crippen LogP contribution < -0.4 is 4.74 Å². The molecule has 0 aromatic heterocycles. The molecule has 2 unspecified atom stereocenters. The molecule has 0 saturated heterocycles. The van der Waals surface area contributed by atoms with Crippen molar-refractivity contribution in [3.05, 3.63) is 29.8 Å². The number of hydrogen-bond donors (Lipinski definition) is 1. The molecule has 1 N–H and O–H groups in total. The molecule has 2 nitrogen and oxygen atoms in total. The highest BCUT2D eigenvalue weighted by atomic mass is 79.9. The third-order valence-electron chi connectivity index (χ3n) is 1.73. The summed E-state index contributed by atoms with van der Waals surface area (Å²) in [6.07, 6.45) is -0.536. The molecule has 1 aromatic carbocycles. The summed E-state index contributed by atoms with van der Waals surface area (Å²) in [5.74, 6) is 0.766. The number of aliphatic hydroxyl groups excluding tert-OH is 1. The molecule has 11 heavy (non-hydrogen) atoms. The maximum atomic E-state index is 9.48. The monoisotopic (exact) mass is 214 g/mol. The summed E-state index contributed by atoms with van der Waals surface area (Å²) in [7, 11) is 0. The van der Waals surface area contributed by atoms with Crippen molar-refractivity contribution in [1.29, 1.82) is 0 Å². The Morgan fingerprint density at radius 2 is 2.09 bits per heavy atom. The Labute approximate surface area is 72.9 Å². The first kappa shape index (κ1) is 7.13. The van der Waals surface area contributed by atoms with Crippen molar-refractivity contribution < 1.29 is 9.84 Å². The van der Waals surface area contributed by atoms with E-state index >= 15 is 0 Å². The summed E-state index contributed by atoms with van der Waals surface area (Å²) in [5.41, 5.74) is 0.856. The normalized spacial score (nSPS) is 27.8. The quantitative estimate of drug-likeness (QED) is 0.669. The predicted octanol–water partition coefficient (Wildman–Crippen LogP) is 1.83. The number of hydrogen-bond acceptors (Lipinski definition) is 2.